The van der Waals surface area contributed by atoms with Gasteiger partial charge in [0, 0.05) is 23.0 Å². The van der Waals surface area contributed by atoms with E-state index in [1.54, 1.807) is 11.3 Å². The molecule has 1 aliphatic carbocycles. The standard InChI is InChI=1S/C16H18FNOS/c17-16-6-3-12(9-18-14-4-5-14)8-13(16)10-19-11-15-2-1-7-20-15/h1-3,6-8,14,18H,4-5,9-11H2. The third kappa shape index (κ3) is 3.88. The highest BCUT2D eigenvalue weighted by molar-refractivity contribution is 7.09. The van der Waals surface area contributed by atoms with Gasteiger partial charge in [0.25, 0.3) is 0 Å². The topological polar surface area (TPSA) is 21.3 Å². The Labute approximate surface area is 122 Å². The van der Waals surface area contributed by atoms with Gasteiger partial charge in [0.2, 0.25) is 0 Å². The van der Waals surface area contributed by atoms with Gasteiger partial charge in [-0.1, -0.05) is 12.1 Å². The van der Waals surface area contributed by atoms with Crippen molar-refractivity contribution in [3.05, 3.63) is 57.5 Å². The summed E-state index contributed by atoms with van der Waals surface area (Å²) in [4.78, 5) is 1.16. The van der Waals surface area contributed by atoms with E-state index in [4.69, 9.17) is 4.74 Å². The van der Waals surface area contributed by atoms with Gasteiger partial charge in [0.15, 0.2) is 0 Å². The number of hydrogen-bond donors (Lipinski definition) is 1. The number of thiophene rings is 1. The van der Waals surface area contributed by atoms with Gasteiger partial charge in [-0.15, -0.1) is 11.3 Å². The fourth-order valence-electron chi connectivity index (χ4n) is 2.05. The average molecular weight is 291 g/mol. The third-order valence-electron chi connectivity index (χ3n) is 3.36. The summed E-state index contributed by atoms with van der Waals surface area (Å²) in [6.45, 7) is 1.67. The van der Waals surface area contributed by atoms with Crippen molar-refractivity contribution in [1.82, 2.24) is 5.32 Å². The van der Waals surface area contributed by atoms with Crippen LogP contribution in [0.4, 0.5) is 4.39 Å². The smallest absolute Gasteiger partial charge is 0.128 e. The zero-order chi connectivity index (χ0) is 13.8. The minimum atomic E-state index is -0.189. The summed E-state index contributed by atoms with van der Waals surface area (Å²) in [7, 11) is 0. The molecule has 106 valence electrons. The van der Waals surface area contributed by atoms with Crippen LogP contribution in [-0.4, -0.2) is 6.04 Å². The van der Waals surface area contributed by atoms with Crippen LogP contribution in [0.3, 0.4) is 0 Å². The lowest BCUT2D eigenvalue weighted by Gasteiger charge is -2.08. The first kappa shape index (κ1) is 13.7. The first-order valence-corrected chi connectivity index (χ1v) is 7.80. The number of ether oxygens (including phenoxy) is 1. The maximum atomic E-state index is 13.7. The Morgan fingerprint density at radius 3 is 2.90 bits per heavy atom. The van der Waals surface area contributed by atoms with E-state index in [9.17, 15) is 4.39 Å². The normalized spacial score (nSPS) is 14.7. The molecule has 0 aliphatic heterocycles. The fraction of sp³-hybridized carbons (Fsp3) is 0.375. The molecule has 2 nitrogen and oxygen atoms in total. The molecule has 1 heterocycles. The summed E-state index contributed by atoms with van der Waals surface area (Å²) < 4.78 is 19.3. The maximum Gasteiger partial charge on any atom is 0.128 e. The number of rotatable bonds is 7. The van der Waals surface area contributed by atoms with Gasteiger partial charge in [-0.2, -0.15) is 0 Å². The number of benzene rings is 1. The van der Waals surface area contributed by atoms with Crippen LogP contribution in [0.1, 0.15) is 28.8 Å². The summed E-state index contributed by atoms with van der Waals surface area (Å²) in [5.41, 5.74) is 1.75. The zero-order valence-corrected chi connectivity index (χ0v) is 12.1. The highest BCUT2D eigenvalue weighted by atomic mass is 32.1. The second-order valence-corrected chi connectivity index (χ2v) is 6.19. The third-order valence-corrected chi connectivity index (χ3v) is 4.21. The van der Waals surface area contributed by atoms with Gasteiger partial charge in [-0.3, -0.25) is 0 Å². The van der Waals surface area contributed by atoms with Crippen LogP contribution in [0, 0.1) is 5.82 Å². The van der Waals surface area contributed by atoms with Gasteiger partial charge < -0.3 is 10.1 Å². The predicted molar refractivity (Wildman–Crippen MR) is 79.1 cm³/mol. The lowest BCUT2D eigenvalue weighted by Crippen LogP contribution is -2.15. The molecule has 1 N–H and O–H groups in total. The van der Waals surface area contributed by atoms with Crippen molar-refractivity contribution in [2.45, 2.75) is 38.6 Å². The van der Waals surface area contributed by atoms with E-state index >= 15 is 0 Å². The molecule has 1 fully saturated rings. The summed E-state index contributed by atoms with van der Waals surface area (Å²) in [5.74, 6) is -0.189. The Bertz CT molecular complexity index is 552. The summed E-state index contributed by atoms with van der Waals surface area (Å²) in [6, 6.07) is 9.96. The largest absolute Gasteiger partial charge is 0.371 e. The van der Waals surface area contributed by atoms with Crippen LogP contribution in [0.2, 0.25) is 0 Å². The average Bonchev–Trinajstić information content (AvgIpc) is 3.14. The monoisotopic (exact) mass is 291 g/mol. The SMILES string of the molecule is Fc1ccc(CNC2CC2)cc1COCc1cccs1. The zero-order valence-electron chi connectivity index (χ0n) is 11.3. The quantitative estimate of drug-likeness (QED) is 0.836. The van der Waals surface area contributed by atoms with Crippen molar-refractivity contribution >= 4 is 11.3 Å². The first-order chi connectivity index (χ1) is 9.81. The highest BCUT2D eigenvalue weighted by Gasteiger charge is 2.20. The minimum Gasteiger partial charge on any atom is -0.371 e. The Hall–Kier alpha value is -1.23. The Morgan fingerprint density at radius 1 is 1.25 bits per heavy atom. The molecule has 3 rings (SSSR count). The molecule has 0 atom stereocenters. The second-order valence-electron chi connectivity index (χ2n) is 5.15. The Kier molecular flexibility index (Phi) is 4.45. The van der Waals surface area contributed by atoms with Gasteiger partial charge in [-0.25, -0.2) is 4.39 Å². The van der Waals surface area contributed by atoms with Crippen molar-refractivity contribution in [1.29, 1.82) is 0 Å². The van der Waals surface area contributed by atoms with Crippen LogP contribution in [0.25, 0.3) is 0 Å². The lowest BCUT2D eigenvalue weighted by molar-refractivity contribution is 0.107. The molecule has 0 spiro atoms. The van der Waals surface area contributed by atoms with Crippen molar-refractivity contribution in [2.75, 3.05) is 0 Å². The first-order valence-electron chi connectivity index (χ1n) is 6.92. The van der Waals surface area contributed by atoms with E-state index in [1.165, 1.54) is 18.9 Å². The predicted octanol–water partition coefficient (Wildman–Crippen LogP) is 3.86. The van der Waals surface area contributed by atoms with Gasteiger partial charge in [0.05, 0.1) is 13.2 Å². The lowest BCUT2D eigenvalue weighted by atomic mass is 10.1. The Balaban J connectivity index is 1.54. The van der Waals surface area contributed by atoms with Crippen LogP contribution < -0.4 is 5.32 Å². The van der Waals surface area contributed by atoms with Crippen molar-refractivity contribution in [3.8, 4) is 0 Å². The molecule has 1 saturated carbocycles. The summed E-state index contributed by atoms with van der Waals surface area (Å²) >= 11 is 1.65. The van der Waals surface area contributed by atoms with Crippen molar-refractivity contribution in [2.24, 2.45) is 0 Å². The molecule has 0 radical (unpaired) electrons. The Morgan fingerprint density at radius 2 is 2.15 bits per heavy atom. The molecule has 0 bridgehead atoms. The molecule has 0 amide bonds. The summed E-state index contributed by atoms with van der Waals surface area (Å²) in [6.07, 6.45) is 2.52. The van der Waals surface area contributed by atoms with E-state index in [1.807, 2.05) is 29.6 Å². The van der Waals surface area contributed by atoms with E-state index in [2.05, 4.69) is 5.32 Å². The molecule has 4 heteroatoms. The van der Waals surface area contributed by atoms with Crippen molar-refractivity contribution < 1.29 is 9.13 Å². The van der Waals surface area contributed by atoms with Crippen LogP contribution in [-0.2, 0) is 24.5 Å². The van der Waals surface area contributed by atoms with E-state index in [0.717, 1.165) is 17.0 Å². The molecule has 2 aromatic rings. The molecule has 0 saturated heterocycles. The molecule has 20 heavy (non-hydrogen) atoms. The number of halogens is 1. The summed E-state index contributed by atoms with van der Waals surface area (Å²) in [5, 5.41) is 5.45. The van der Waals surface area contributed by atoms with Crippen LogP contribution in [0.5, 0.6) is 0 Å². The number of hydrogen-bond acceptors (Lipinski definition) is 3. The van der Waals surface area contributed by atoms with Crippen molar-refractivity contribution in [3.63, 3.8) is 0 Å². The fourth-order valence-corrected chi connectivity index (χ4v) is 2.70. The molecule has 1 aliphatic rings. The molecular weight excluding hydrogens is 273 g/mol. The van der Waals surface area contributed by atoms with Gasteiger partial charge in [0.1, 0.15) is 5.82 Å². The van der Waals surface area contributed by atoms with Gasteiger partial charge >= 0.3 is 0 Å². The molecule has 0 unspecified atom stereocenters. The van der Waals surface area contributed by atoms with E-state index < -0.39 is 0 Å². The molecule has 1 aromatic carbocycles. The second kappa shape index (κ2) is 6.48. The van der Waals surface area contributed by atoms with E-state index in [-0.39, 0.29) is 5.82 Å². The van der Waals surface area contributed by atoms with E-state index in [0.29, 0.717) is 24.8 Å². The molecular formula is C16H18FNOS. The number of nitrogens with one attached hydrogen (secondary N) is 1. The van der Waals surface area contributed by atoms with Crippen LogP contribution >= 0.6 is 11.3 Å². The molecule has 1 aromatic heterocycles. The highest BCUT2D eigenvalue weighted by Crippen LogP contribution is 2.20. The van der Waals surface area contributed by atoms with Crippen LogP contribution in [0.15, 0.2) is 35.7 Å². The maximum absolute atomic E-state index is 13.7. The minimum absolute atomic E-state index is 0.189. The van der Waals surface area contributed by atoms with Gasteiger partial charge in [-0.05, 0) is 42.0 Å².